The monoisotopic (exact) mass is 630 g/mol. The van der Waals surface area contributed by atoms with Crippen molar-refractivity contribution in [1.29, 1.82) is 0 Å². The lowest BCUT2D eigenvalue weighted by Gasteiger charge is -2.23. The Morgan fingerprint density at radius 3 is 2.42 bits per heavy atom. The molecule has 0 saturated carbocycles. The molecule has 0 saturated heterocycles. The lowest BCUT2D eigenvalue weighted by atomic mass is 10.1. The summed E-state index contributed by atoms with van der Waals surface area (Å²) in [6, 6.07) is 20.8. The van der Waals surface area contributed by atoms with Crippen molar-refractivity contribution in [3.05, 3.63) is 124 Å². The summed E-state index contributed by atoms with van der Waals surface area (Å²) in [5, 5.41) is 22.3. The average Bonchev–Trinajstić information content (AvgIpc) is 3.06. The van der Waals surface area contributed by atoms with Crippen molar-refractivity contribution < 1.29 is 23.1 Å². The van der Waals surface area contributed by atoms with E-state index in [1.54, 1.807) is 12.1 Å². The predicted molar refractivity (Wildman–Crippen MR) is 170 cm³/mol. The molecule has 0 fully saturated rings. The van der Waals surface area contributed by atoms with E-state index in [2.05, 4.69) is 26.0 Å². The molecule has 1 aromatic heterocycles. The molecular formula is C32H34N6O6S. The van der Waals surface area contributed by atoms with E-state index in [9.17, 15) is 27.9 Å². The van der Waals surface area contributed by atoms with Gasteiger partial charge in [-0.15, -0.1) is 0 Å². The number of carboxylic acid groups (broad SMARTS) is 1. The van der Waals surface area contributed by atoms with Crippen molar-refractivity contribution in [2.75, 3.05) is 13.1 Å². The summed E-state index contributed by atoms with van der Waals surface area (Å²) in [6.45, 7) is 1.13. The molecule has 0 spiro atoms. The van der Waals surface area contributed by atoms with Gasteiger partial charge in [0.15, 0.2) is 0 Å². The summed E-state index contributed by atoms with van der Waals surface area (Å²) >= 11 is 0. The highest BCUT2D eigenvalue weighted by Gasteiger charge is 2.27. The van der Waals surface area contributed by atoms with Gasteiger partial charge in [-0.25, -0.2) is 8.42 Å². The van der Waals surface area contributed by atoms with Gasteiger partial charge >= 0.3 is 5.97 Å². The van der Waals surface area contributed by atoms with Crippen LogP contribution in [-0.2, 0) is 34.3 Å². The summed E-state index contributed by atoms with van der Waals surface area (Å²) in [5.41, 5.74) is 1.95. The smallest absolute Gasteiger partial charge is 0.323 e. The van der Waals surface area contributed by atoms with Gasteiger partial charge in [-0.05, 0) is 48.0 Å². The zero-order valence-electron chi connectivity index (χ0n) is 24.3. The number of aliphatic carboxylic acids is 1. The van der Waals surface area contributed by atoms with Crippen molar-refractivity contribution in [3.8, 4) is 0 Å². The SMILES string of the molecule is O=C(NCC(NS(=O)(=O)c1ccccc1)C(=O)O)c1cn(CCc2ccccc2)c2cc(CNC3NC=CCN3)ccc2c1=O. The topological polar surface area (TPSA) is 171 Å². The van der Waals surface area contributed by atoms with E-state index in [4.69, 9.17) is 0 Å². The number of carbonyl (C=O) groups is 2. The second-order valence-corrected chi connectivity index (χ2v) is 12.2. The first-order valence-electron chi connectivity index (χ1n) is 14.4. The first-order valence-corrected chi connectivity index (χ1v) is 15.9. The van der Waals surface area contributed by atoms with Gasteiger partial charge < -0.3 is 20.3 Å². The lowest BCUT2D eigenvalue weighted by Crippen LogP contribution is -2.52. The second-order valence-electron chi connectivity index (χ2n) is 10.5. The van der Waals surface area contributed by atoms with Crippen LogP contribution < -0.4 is 31.4 Å². The highest BCUT2D eigenvalue weighted by atomic mass is 32.2. The van der Waals surface area contributed by atoms with Crippen molar-refractivity contribution in [2.45, 2.75) is 36.7 Å². The van der Waals surface area contributed by atoms with E-state index in [0.717, 1.165) is 17.7 Å². The normalized spacial score (nSPS) is 15.3. The molecule has 2 atom stereocenters. The fourth-order valence-electron chi connectivity index (χ4n) is 4.93. The first kappa shape index (κ1) is 31.6. The number of hydrogen-bond donors (Lipinski definition) is 6. The molecule has 12 nitrogen and oxygen atoms in total. The molecule has 1 amide bonds. The zero-order chi connectivity index (χ0) is 31.8. The first-order chi connectivity index (χ1) is 21.7. The molecule has 3 aromatic carbocycles. The highest BCUT2D eigenvalue weighted by molar-refractivity contribution is 7.89. The van der Waals surface area contributed by atoms with Crippen LogP contribution in [0.2, 0.25) is 0 Å². The van der Waals surface area contributed by atoms with Crippen LogP contribution in [0.4, 0.5) is 0 Å². The van der Waals surface area contributed by atoms with Gasteiger partial charge in [-0.3, -0.25) is 25.0 Å². The Balaban J connectivity index is 1.39. The van der Waals surface area contributed by atoms with Gasteiger partial charge in [0, 0.05) is 37.8 Å². The number of carboxylic acids is 1. The number of pyridine rings is 1. The zero-order valence-corrected chi connectivity index (χ0v) is 25.1. The minimum Gasteiger partial charge on any atom is -0.480 e. The van der Waals surface area contributed by atoms with E-state index >= 15 is 0 Å². The van der Waals surface area contributed by atoms with Gasteiger partial charge in [-0.1, -0.05) is 60.7 Å². The number of aromatic nitrogens is 1. The molecule has 6 N–H and O–H groups in total. The molecule has 0 bridgehead atoms. The van der Waals surface area contributed by atoms with E-state index in [1.807, 2.05) is 59.3 Å². The van der Waals surface area contributed by atoms with Crippen LogP contribution in [0, 0.1) is 0 Å². The van der Waals surface area contributed by atoms with Gasteiger partial charge in [0.25, 0.3) is 5.91 Å². The summed E-state index contributed by atoms with van der Waals surface area (Å²) in [7, 11) is -4.17. The molecular weight excluding hydrogens is 596 g/mol. The molecule has 4 aromatic rings. The van der Waals surface area contributed by atoms with E-state index in [-0.39, 0.29) is 16.7 Å². The third kappa shape index (κ3) is 8.02. The highest BCUT2D eigenvalue weighted by Crippen LogP contribution is 2.17. The van der Waals surface area contributed by atoms with E-state index < -0.39 is 39.9 Å². The maximum absolute atomic E-state index is 13.6. The number of sulfonamides is 1. The van der Waals surface area contributed by atoms with Crippen LogP contribution in [0.1, 0.15) is 21.5 Å². The van der Waals surface area contributed by atoms with E-state index in [0.29, 0.717) is 30.4 Å². The maximum atomic E-state index is 13.6. The Kier molecular flexibility index (Phi) is 10.0. The fourth-order valence-corrected chi connectivity index (χ4v) is 6.14. The van der Waals surface area contributed by atoms with Crippen LogP contribution >= 0.6 is 0 Å². The number of nitrogens with one attached hydrogen (secondary N) is 5. The van der Waals surface area contributed by atoms with Crippen LogP contribution in [0.3, 0.4) is 0 Å². The van der Waals surface area contributed by atoms with Gasteiger partial charge in [0.2, 0.25) is 15.5 Å². The maximum Gasteiger partial charge on any atom is 0.323 e. The Labute approximate surface area is 260 Å². The number of rotatable bonds is 13. The van der Waals surface area contributed by atoms with Crippen molar-refractivity contribution in [1.82, 2.24) is 30.6 Å². The third-order valence-electron chi connectivity index (χ3n) is 7.32. The Morgan fingerprint density at radius 2 is 1.73 bits per heavy atom. The predicted octanol–water partition coefficient (Wildman–Crippen LogP) is 1.49. The van der Waals surface area contributed by atoms with Crippen molar-refractivity contribution >= 4 is 32.8 Å². The minimum absolute atomic E-state index is 0.108. The number of benzene rings is 3. The van der Waals surface area contributed by atoms with Gasteiger partial charge in [-0.2, -0.15) is 4.72 Å². The summed E-state index contributed by atoms with van der Waals surface area (Å²) in [5.74, 6) is -2.29. The largest absolute Gasteiger partial charge is 0.480 e. The molecule has 45 heavy (non-hydrogen) atoms. The summed E-state index contributed by atoms with van der Waals surface area (Å²) in [4.78, 5) is 38.7. The van der Waals surface area contributed by atoms with Crippen LogP contribution in [0.5, 0.6) is 0 Å². The minimum atomic E-state index is -4.17. The molecule has 13 heteroatoms. The van der Waals surface area contributed by atoms with E-state index in [1.165, 1.54) is 30.5 Å². The van der Waals surface area contributed by atoms with Gasteiger partial charge in [0.1, 0.15) is 17.9 Å². The molecule has 2 unspecified atom stereocenters. The van der Waals surface area contributed by atoms with Crippen molar-refractivity contribution in [2.24, 2.45) is 0 Å². The molecule has 0 aliphatic carbocycles. The summed E-state index contributed by atoms with van der Waals surface area (Å²) < 4.78 is 29.4. The lowest BCUT2D eigenvalue weighted by molar-refractivity contribution is -0.138. The average molecular weight is 631 g/mol. The summed E-state index contributed by atoms with van der Waals surface area (Å²) in [6.07, 6.45) is 5.84. The molecule has 2 heterocycles. The Hall–Kier alpha value is -4.82. The molecule has 1 aliphatic rings. The molecule has 0 radical (unpaired) electrons. The van der Waals surface area contributed by atoms with Crippen LogP contribution in [0.25, 0.3) is 10.9 Å². The van der Waals surface area contributed by atoms with Crippen molar-refractivity contribution in [3.63, 3.8) is 0 Å². The number of aryl methyl sites for hydroxylation is 2. The molecule has 5 rings (SSSR count). The van der Waals surface area contributed by atoms with Crippen LogP contribution in [-0.4, -0.2) is 55.4 Å². The Bertz CT molecular complexity index is 1860. The Morgan fingerprint density at radius 1 is 1.00 bits per heavy atom. The number of carbonyl (C=O) groups excluding carboxylic acids is 1. The molecule has 234 valence electrons. The number of nitrogens with zero attached hydrogens (tertiary/aromatic N) is 1. The molecule has 1 aliphatic heterocycles. The number of fused-ring (bicyclic) bond motifs is 1. The van der Waals surface area contributed by atoms with Crippen LogP contribution in [0.15, 0.2) is 107 Å². The fraction of sp³-hybridized carbons (Fsp3) is 0.219. The number of amides is 1. The number of hydrogen-bond acceptors (Lipinski definition) is 8. The third-order valence-corrected chi connectivity index (χ3v) is 8.81. The van der Waals surface area contributed by atoms with Gasteiger partial charge in [0.05, 0.1) is 10.4 Å². The quantitative estimate of drug-likeness (QED) is 0.128. The second kappa shape index (κ2) is 14.3. The standard InChI is InChI=1S/C32H34N6O6S/c39-29-25-13-12-23(19-36-32-33-15-7-16-34-32)18-28(25)38(17-14-22-8-3-1-4-9-22)21-26(29)30(40)35-20-27(31(41)42)37-45(43,44)24-10-5-2-6-11-24/h1-13,15,18,21,27,32-34,36-37H,14,16-17,19-20H2,(H,35,40)(H,41,42).